The number of guanidine groups is 1. The van der Waals surface area contributed by atoms with Gasteiger partial charge in [0, 0.05) is 32.4 Å². The fourth-order valence-corrected chi connectivity index (χ4v) is 3.40. The Kier molecular flexibility index (Phi) is 4.84. The molecule has 3 rings (SSSR count). The Bertz CT molecular complexity index is 590. The van der Waals surface area contributed by atoms with Crippen LogP contribution < -0.4 is 10.2 Å². The third-order valence-corrected chi connectivity index (χ3v) is 4.88. The summed E-state index contributed by atoms with van der Waals surface area (Å²) in [4.78, 5) is 21.0. The minimum atomic E-state index is 0.112. The van der Waals surface area contributed by atoms with E-state index in [0.717, 1.165) is 43.6 Å². The number of likely N-dealkylation sites (tertiary alicyclic amines) is 1. The zero-order valence-electron chi connectivity index (χ0n) is 14.1. The molecule has 23 heavy (non-hydrogen) atoms. The average Bonchev–Trinajstić information content (AvgIpc) is 3.01. The van der Waals surface area contributed by atoms with E-state index in [2.05, 4.69) is 28.2 Å². The molecule has 0 aliphatic carbocycles. The molecule has 0 aromatic heterocycles. The molecule has 0 unspecified atom stereocenters. The first-order valence-corrected chi connectivity index (χ1v) is 8.53. The maximum Gasteiger partial charge on any atom is 0.246 e. The van der Waals surface area contributed by atoms with E-state index in [-0.39, 0.29) is 5.91 Å². The highest BCUT2D eigenvalue weighted by Crippen LogP contribution is 2.27. The van der Waals surface area contributed by atoms with Crippen LogP contribution in [0.5, 0.6) is 0 Å². The number of para-hydroxylation sites is 1. The fraction of sp³-hybridized carbons (Fsp3) is 0.556. The number of rotatable bonds is 2. The van der Waals surface area contributed by atoms with Gasteiger partial charge in [0.05, 0.1) is 6.54 Å². The van der Waals surface area contributed by atoms with Crippen LogP contribution in [0.25, 0.3) is 0 Å². The van der Waals surface area contributed by atoms with Gasteiger partial charge in [-0.05, 0) is 36.8 Å². The number of carbonyl (C=O) groups excluding carboxylic acids is 1. The maximum absolute atomic E-state index is 12.6. The summed E-state index contributed by atoms with van der Waals surface area (Å²) in [6.07, 6.45) is 3.32. The van der Waals surface area contributed by atoms with Gasteiger partial charge in [-0.25, -0.2) is 0 Å². The van der Waals surface area contributed by atoms with Crippen molar-refractivity contribution >= 4 is 17.6 Å². The Morgan fingerprint density at radius 2 is 2.00 bits per heavy atom. The van der Waals surface area contributed by atoms with Gasteiger partial charge in [-0.1, -0.05) is 25.1 Å². The van der Waals surface area contributed by atoms with Crippen LogP contribution in [0.4, 0.5) is 5.69 Å². The molecular weight excluding hydrogens is 288 g/mol. The highest BCUT2D eigenvalue weighted by atomic mass is 16.2. The highest BCUT2D eigenvalue weighted by molar-refractivity contribution is 5.98. The van der Waals surface area contributed by atoms with Gasteiger partial charge in [-0.15, -0.1) is 0 Å². The van der Waals surface area contributed by atoms with Gasteiger partial charge in [0.15, 0.2) is 5.96 Å². The number of amides is 1. The first-order chi connectivity index (χ1) is 11.2. The van der Waals surface area contributed by atoms with Crippen molar-refractivity contribution in [3.8, 4) is 0 Å². The van der Waals surface area contributed by atoms with Crippen molar-refractivity contribution < 1.29 is 4.79 Å². The summed E-state index contributed by atoms with van der Waals surface area (Å²) in [6, 6.07) is 8.15. The number of hydrogen-bond acceptors (Lipinski definition) is 2. The van der Waals surface area contributed by atoms with Gasteiger partial charge in [0.1, 0.15) is 0 Å². The number of fused-ring (bicyclic) bond motifs is 1. The molecule has 0 atom stereocenters. The van der Waals surface area contributed by atoms with Crippen LogP contribution in [-0.2, 0) is 11.2 Å². The lowest BCUT2D eigenvalue weighted by atomic mass is 10.00. The number of benzene rings is 1. The predicted molar refractivity (Wildman–Crippen MR) is 93.8 cm³/mol. The van der Waals surface area contributed by atoms with Crippen LogP contribution in [0.1, 0.15) is 25.3 Å². The molecule has 0 radical (unpaired) electrons. The summed E-state index contributed by atoms with van der Waals surface area (Å²) < 4.78 is 0. The number of piperidine rings is 1. The van der Waals surface area contributed by atoms with Gasteiger partial charge in [-0.2, -0.15) is 0 Å². The van der Waals surface area contributed by atoms with E-state index in [0.29, 0.717) is 6.54 Å². The monoisotopic (exact) mass is 314 g/mol. The van der Waals surface area contributed by atoms with Crippen LogP contribution in [0.3, 0.4) is 0 Å². The lowest BCUT2D eigenvalue weighted by Gasteiger charge is -2.33. The molecule has 1 aromatic carbocycles. The van der Waals surface area contributed by atoms with Crippen molar-refractivity contribution in [1.29, 1.82) is 0 Å². The molecule has 2 aliphatic rings. The number of anilines is 1. The van der Waals surface area contributed by atoms with Crippen molar-refractivity contribution in [2.75, 3.05) is 38.1 Å². The summed E-state index contributed by atoms with van der Waals surface area (Å²) in [5.41, 5.74) is 2.32. The fourth-order valence-electron chi connectivity index (χ4n) is 3.40. The summed E-state index contributed by atoms with van der Waals surface area (Å²) in [5.74, 6) is 1.74. The Hall–Kier alpha value is -2.04. The van der Waals surface area contributed by atoms with E-state index >= 15 is 0 Å². The normalized spacial score (nSPS) is 19.0. The third kappa shape index (κ3) is 3.49. The molecule has 0 spiro atoms. The second kappa shape index (κ2) is 7.02. The Morgan fingerprint density at radius 1 is 1.26 bits per heavy atom. The summed E-state index contributed by atoms with van der Waals surface area (Å²) >= 11 is 0. The number of nitrogens with one attached hydrogen (secondary N) is 1. The standard InChI is InChI=1S/C18H26N4O/c1-14-7-10-21(11-8-14)18(19-2)20-13-17(23)22-12-9-15-5-3-4-6-16(15)22/h3-6,14H,7-13H2,1-2H3,(H,19,20). The number of carbonyl (C=O) groups is 1. The largest absolute Gasteiger partial charge is 0.347 e. The Morgan fingerprint density at radius 3 is 2.74 bits per heavy atom. The van der Waals surface area contributed by atoms with Crippen molar-refractivity contribution in [2.45, 2.75) is 26.2 Å². The average molecular weight is 314 g/mol. The number of hydrogen-bond donors (Lipinski definition) is 1. The molecule has 0 bridgehead atoms. The van der Waals surface area contributed by atoms with E-state index in [1.807, 2.05) is 23.1 Å². The molecule has 1 N–H and O–H groups in total. The molecule has 0 saturated carbocycles. The minimum absolute atomic E-state index is 0.112. The topological polar surface area (TPSA) is 47.9 Å². The predicted octanol–water partition coefficient (Wildman–Crippen LogP) is 1.88. The number of nitrogens with zero attached hydrogens (tertiary/aromatic N) is 3. The lowest BCUT2D eigenvalue weighted by Crippen LogP contribution is -2.48. The van der Waals surface area contributed by atoms with Crippen LogP contribution in [0.2, 0.25) is 0 Å². The van der Waals surface area contributed by atoms with Crippen LogP contribution in [-0.4, -0.2) is 50.0 Å². The smallest absolute Gasteiger partial charge is 0.246 e. The molecule has 5 nitrogen and oxygen atoms in total. The quantitative estimate of drug-likeness (QED) is 0.670. The zero-order valence-corrected chi connectivity index (χ0v) is 14.1. The first kappa shape index (κ1) is 15.8. The summed E-state index contributed by atoms with van der Waals surface area (Å²) in [6.45, 7) is 5.40. The van der Waals surface area contributed by atoms with Crippen molar-refractivity contribution in [1.82, 2.24) is 10.2 Å². The molecule has 1 fully saturated rings. The van der Waals surface area contributed by atoms with Gasteiger partial charge in [0.25, 0.3) is 0 Å². The number of aliphatic imine (C=N–C) groups is 1. The lowest BCUT2D eigenvalue weighted by molar-refractivity contribution is -0.117. The summed E-state index contributed by atoms with van der Waals surface area (Å²) in [5, 5.41) is 3.25. The molecular formula is C18H26N4O. The molecule has 1 amide bonds. The Balaban J connectivity index is 1.56. The van der Waals surface area contributed by atoms with Crippen LogP contribution in [0, 0.1) is 5.92 Å². The minimum Gasteiger partial charge on any atom is -0.347 e. The highest BCUT2D eigenvalue weighted by Gasteiger charge is 2.25. The zero-order chi connectivity index (χ0) is 16.2. The van der Waals surface area contributed by atoms with E-state index in [1.54, 1.807) is 7.05 Å². The van der Waals surface area contributed by atoms with Crippen molar-refractivity contribution in [2.24, 2.45) is 10.9 Å². The molecule has 124 valence electrons. The van der Waals surface area contributed by atoms with Gasteiger partial charge in [-0.3, -0.25) is 9.79 Å². The van der Waals surface area contributed by atoms with E-state index in [4.69, 9.17) is 0 Å². The second-order valence-electron chi connectivity index (χ2n) is 6.49. The second-order valence-corrected chi connectivity index (χ2v) is 6.49. The van der Waals surface area contributed by atoms with E-state index in [1.165, 1.54) is 18.4 Å². The van der Waals surface area contributed by atoms with Gasteiger partial charge >= 0.3 is 0 Å². The summed E-state index contributed by atoms with van der Waals surface area (Å²) in [7, 11) is 1.79. The van der Waals surface area contributed by atoms with Gasteiger partial charge < -0.3 is 15.1 Å². The Labute approximate surface area is 138 Å². The van der Waals surface area contributed by atoms with Crippen LogP contribution in [0.15, 0.2) is 29.3 Å². The molecule has 1 aromatic rings. The molecule has 2 heterocycles. The SMILES string of the molecule is CN=C(NCC(=O)N1CCc2ccccc21)N1CCC(C)CC1. The van der Waals surface area contributed by atoms with Crippen LogP contribution >= 0.6 is 0 Å². The molecule has 5 heteroatoms. The van der Waals surface area contributed by atoms with Crippen molar-refractivity contribution in [3.05, 3.63) is 29.8 Å². The van der Waals surface area contributed by atoms with Crippen molar-refractivity contribution in [3.63, 3.8) is 0 Å². The first-order valence-electron chi connectivity index (χ1n) is 8.53. The van der Waals surface area contributed by atoms with E-state index < -0.39 is 0 Å². The van der Waals surface area contributed by atoms with E-state index in [9.17, 15) is 4.79 Å². The third-order valence-electron chi connectivity index (χ3n) is 4.88. The molecule has 2 aliphatic heterocycles. The van der Waals surface area contributed by atoms with Gasteiger partial charge in [0.2, 0.25) is 5.91 Å². The molecule has 1 saturated heterocycles. The maximum atomic E-state index is 12.6.